The van der Waals surface area contributed by atoms with Crippen LogP contribution in [0.3, 0.4) is 0 Å². The van der Waals surface area contributed by atoms with Gasteiger partial charge in [0.05, 0.1) is 0 Å². The third-order valence-corrected chi connectivity index (χ3v) is 0. The quantitative estimate of drug-likeness (QED) is 0.298. The molecule has 0 heterocycles. The van der Waals surface area contributed by atoms with E-state index in [0.29, 0.717) is 0 Å². The zero-order valence-corrected chi connectivity index (χ0v) is 4.10. The van der Waals surface area contributed by atoms with Gasteiger partial charge in [0.25, 0.3) is 0 Å². The van der Waals surface area contributed by atoms with Gasteiger partial charge in [-0.2, -0.15) is 12.6 Å². The standard InChI is InChI=1S/Cu.F3P.FH/c;1-4(2)3;/h;;1H/q+1;;/p-1. The molecule has 0 radical (unpaired) electrons. The third kappa shape index (κ3) is 140. The van der Waals surface area contributed by atoms with Crippen LogP contribution in [0.5, 0.6) is 0 Å². The first kappa shape index (κ1) is 9.83. The van der Waals surface area contributed by atoms with Gasteiger partial charge < -0.3 is 0 Å². The summed E-state index contributed by atoms with van der Waals surface area (Å²) < 4.78 is 38.3. The topological polar surface area (TPSA) is 0 Å². The van der Waals surface area contributed by atoms with Crippen LogP contribution >= 0.6 is 8.85 Å². The third-order valence-electron chi connectivity index (χ3n) is 0. The minimum absolute atomic E-state index is 2.69. The molecular weight excluding hydrogens is 171 g/mol. The van der Waals surface area contributed by atoms with Crippen LogP contribution in [0.15, 0.2) is 0 Å². The van der Waals surface area contributed by atoms with Crippen molar-refractivity contribution >= 4 is 8.85 Å². The summed E-state index contributed by atoms with van der Waals surface area (Å²) in [4.78, 5) is 0. The Morgan fingerprint density at radius 1 is 1.00 bits per heavy atom. The molecule has 6 heavy (non-hydrogen) atoms. The van der Waals surface area contributed by atoms with Gasteiger partial charge in [0.1, 0.15) is 0 Å². The molecule has 0 saturated heterocycles. The molecular formula is CuF4P. The summed E-state index contributed by atoms with van der Waals surface area (Å²) in [7, 11) is -4.12. The van der Waals surface area contributed by atoms with Crippen molar-refractivity contribution in [2.24, 2.45) is 0 Å². The molecule has 0 N–H and O–H groups in total. The summed E-state index contributed by atoms with van der Waals surface area (Å²) >= 11 is 2.69. The number of hydrogen-bond acceptors (Lipinski definition) is 0. The molecule has 0 aromatic carbocycles. The van der Waals surface area contributed by atoms with E-state index in [-0.39, 0.29) is 0 Å². The molecule has 0 aliphatic heterocycles. The fourth-order valence-corrected chi connectivity index (χ4v) is 0. The second kappa shape index (κ2) is 9.18. The van der Waals surface area contributed by atoms with Crippen molar-refractivity contribution in [1.29, 1.82) is 0 Å². The Bertz CT molecular complexity index is 12.3. The summed E-state index contributed by atoms with van der Waals surface area (Å²) in [5.74, 6) is 0. The van der Waals surface area contributed by atoms with Gasteiger partial charge in [0.2, 0.25) is 0 Å². The van der Waals surface area contributed by atoms with E-state index in [1.165, 1.54) is 0 Å². The molecule has 0 aliphatic carbocycles. The molecule has 0 fully saturated rings. The van der Waals surface area contributed by atoms with E-state index < -0.39 is 8.85 Å². The first-order chi connectivity index (χ1) is 2.73. The van der Waals surface area contributed by atoms with E-state index in [1.54, 1.807) is 0 Å². The van der Waals surface area contributed by atoms with E-state index in [9.17, 15) is 12.6 Å². The van der Waals surface area contributed by atoms with Gasteiger partial charge >= 0.3 is 28.9 Å². The molecule has 0 unspecified atom stereocenters. The molecule has 0 bridgehead atoms. The SMILES string of the molecule is FP(F)F.[F][Cu]. The predicted octanol–water partition coefficient (Wildman–Crippen LogP) is 2.54. The van der Waals surface area contributed by atoms with Crippen molar-refractivity contribution in [2.45, 2.75) is 0 Å². The predicted molar refractivity (Wildman–Crippen MR) is 11.4 cm³/mol. The second-order valence-corrected chi connectivity index (χ2v) is 0.575. The second-order valence-electron chi connectivity index (χ2n) is 0.192. The number of rotatable bonds is 0. The van der Waals surface area contributed by atoms with Crippen LogP contribution in [0.25, 0.3) is 0 Å². The van der Waals surface area contributed by atoms with E-state index in [2.05, 4.69) is 16.5 Å². The Morgan fingerprint density at radius 3 is 1.00 bits per heavy atom. The van der Waals surface area contributed by atoms with Crippen LogP contribution < -0.4 is 0 Å². The van der Waals surface area contributed by atoms with Gasteiger partial charge in [-0.05, 0) is 0 Å². The number of hydrogen-bond donors (Lipinski definition) is 0. The van der Waals surface area contributed by atoms with Gasteiger partial charge in [0, 0.05) is 0 Å². The Morgan fingerprint density at radius 2 is 1.00 bits per heavy atom. The zero-order valence-electron chi connectivity index (χ0n) is 2.26. The Balaban J connectivity index is 0. The molecule has 0 spiro atoms. The molecule has 0 atom stereocenters. The average molecular weight is 171 g/mol. The molecule has 0 nitrogen and oxygen atoms in total. The van der Waals surface area contributed by atoms with Crippen LogP contribution in [0, 0.1) is 0 Å². The molecule has 0 aromatic rings. The molecule has 44 valence electrons. The van der Waals surface area contributed by atoms with Gasteiger partial charge in [-0.25, -0.2) is 0 Å². The molecule has 0 aliphatic rings. The van der Waals surface area contributed by atoms with E-state index >= 15 is 0 Å². The molecule has 0 aromatic heterocycles. The van der Waals surface area contributed by atoms with Crippen LogP contribution in [-0.4, -0.2) is 0 Å². The van der Waals surface area contributed by atoms with Crippen molar-refractivity contribution < 1.29 is 32.6 Å². The molecule has 0 saturated carbocycles. The van der Waals surface area contributed by atoms with Crippen LogP contribution in [0.2, 0.25) is 0 Å². The van der Waals surface area contributed by atoms with Crippen molar-refractivity contribution in [3.05, 3.63) is 0 Å². The van der Waals surface area contributed by atoms with Crippen molar-refractivity contribution in [3.63, 3.8) is 0 Å². The summed E-state index contributed by atoms with van der Waals surface area (Å²) in [5.41, 5.74) is 0. The number of halogens is 4. The van der Waals surface area contributed by atoms with E-state index in [0.717, 1.165) is 0 Å². The van der Waals surface area contributed by atoms with E-state index in [4.69, 9.17) is 3.55 Å². The summed E-state index contributed by atoms with van der Waals surface area (Å²) in [6, 6.07) is 0. The van der Waals surface area contributed by atoms with E-state index in [1.807, 2.05) is 0 Å². The normalized spacial score (nSPS) is 7.17. The first-order valence-corrected chi connectivity index (χ1v) is 1.99. The van der Waals surface area contributed by atoms with Gasteiger partial charge in [-0.1, -0.05) is 0 Å². The van der Waals surface area contributed by atoms with Gasteiger partial charge in [-0.15, -0.1) is 0 Å². The Kier molecular flexibility index (Phi) is 15.0. The van der Waals surface area contributed by atoms with Crippen molar-refractivity contribution in [1.82, 2.24) is 0 Å². The van der Waals surface area contributed by atoms with Crippen molar-refractivity contribution in [3.8, 4) is 0 Å². The maximum atomic E-state index is 9.73. The molecule has 0 amide bonds. The Hall–Kier alpha value is 0.669. The zero-order chi connectivity index (χ0) is 5.58. The summed E-state index contributed by atoms with van der Waals surface area (Å²) in [6.07, 6.45) is 0. The van der Waals surface area contributed by atoms with Crippen LogP contribution in [0.1, 0.15) is 0 Å². The fraction of sp³-hybridized carbons (Fsp3) is 0. The van der Waals surface area contributed by atoms with Gasteiger partial charge in [0.15, 0.2) is 0 Å². The summed E-state index contributed by atoms with van der Waals surface area (Å²) in [6.45, 7) is 0. The van der Waals surface area contributed by atoms with Crippen LogP contribution in [-0.2, 0) is 16.5 Å². The molecule has 0 rings (SSSR count). The maximum absolute atomic E-state index is 9.73. The first-order valence-electron chi connectivity index (χ1n) is 0.621. The van der Waals surface area contributed by atoms with Gasteiger partial charge in [-0.3, -0.25) is 0 Å². The Labute approximate surface area is 42.3 Å². The average Bonchev–Trinajstić information content (AvgIpc) is 1.41. The van der Waals surface area contributed by atoms with Crippen molar-refractivity contribution in [2.75, 3.05) is 0 Å². The summed E-state index contributed by atoms with van der Waals surface area (Å²) in [5, 5.41) is 0. The fourth-order valence-electron chi connectivity index (χ4n) is 0. The van der Waals surface area contributed by atoms with Crippen LogP contribution in [0.4, 0.5) is 16.1 Å². The minimum atomic E-state index is -4.12. The molecule has 6 heteroatoms. The monoisotopic (exact) mass is 170 g/mol.